The Balaban J connectivity index is 1.16. The van der Waals surface area contributed by atoms with Crippen LogP contribution in [0.3, 0.4) is 0 Å². The Morgan fingerprint density at radius 2 is 1.67 bits per heavy atom. The SMILES string of the molecule is CCOC(C)OC(C)(C)[C@@H](F)CC[C@@H](CI)[C@H]1CC[C@H]2[C@@H]3CC=C4C[C@@H](OC5CCCCO5)C[C@H](OC5CCCCO5)[C@]4(C)[C@H]3CC[C@]12C. The van der Waals surface area contributed by atoms with Crippen LogP contribution in [0.15, 0.2) is 11.6 Å². The summed E-state index contributed by atoms with van der Waals surface area (Å²) in [4.78, 5) is 0. The summed E-state index contributed by atoms with van der Waals surface area (Å²) in [5.41, 5.74) is 1.02. The first-order chi connectivity index (χ1) is 23.5. The topological polar surface area (TPSA) is 55.4 Å². The minimum Gasteiger partial charge on any atom is -0.353 e. The second-order valence-electron chi connectivity index (χ2n) is 17.5. The molecule has 6 nitrogen and oxygen atoms in total. The summed E-state index contributed by atoms with van der Waals surface area (Å²) in [6.45, 7) is 14.9. The Kier molecular flexibility index (Phi) is 13.2. The molecule has 0 bridgehead atoms. The lowest BCUT2D eigenvalue weighted by Gasteiger charge is -2.60. The van der Waals surface area contributed by atoms with Crippen molar-refractivity contribution in [3.8, 4) is 0 Å². The third kappa shape index (κ3) is 8.30. The van der Waals surface area contributed by atoms with Gasteiger partial charge >= 0.3 is 0 Å². The Morgan fingerprint density at radius 1 is 0.959 bits per heavy atom. The van der Waals surface area contributed by atoms with E-state index in [1.54, 1.807) is 5.57 Å². The van der Waals surface area contributed by atoms with E-state index in [2.05, 4.69) is 42.5 Å². The van der Waals surface area contributed by atoms with Gasteiger partial charge < -0.3 is 28.4 Å². The van der Waals surface area contributed by atoms with Crippen LogP contribution in [-0.4, -0.2) is 67.1 Å². The van der Waals surface area contributed by atoms with E-state index in [0.717, 1.165) is 62.6 Å². The minimum absolute atomic E-state index is 0.00471. The summed E-state index contributed by atoms with van der Waals surface area (Å²) in [7, 11) is 0. The normalized spacial score (nSPS) is 41.6. The van der Waals surface area contributed by atoms with Gasteiger partial charge in [0.25, 0.3) is 0 Å². The van der Waals surface area contributed by atoms with Crippen molar-refractivity contribution < 1.29 is 32.8 Å². The van der Waals surface area contributed by atoms with Crippen molar-refractivity contribution >= 4 is 22.6 Å². The van der Waals surface area contributed by atoms with Gasteiger partial charge in [-0.2, -0.15) is 0 Å². The third-order valence-corrected chi connectivity index (χ3v) is 15.5. The van der Waals surface area contributed by atoms with Gasteiger partial charge in [0.1, 0.15) is 6.17 Å². The molecule has 0 aromatic rings. The first kappa shape index (κ1) is 38.9. The highest BCUT2D eigenvalue weighted by atomic mass is 127. The summed E-state index contributed by atoms with van der Waals surface area (Å²) >= 11 is 2.59. The maximum atomic E-state index is 15.8. The fraction of sp³-hybridized carbons (Fsp3) is 0.951. The average Bonchev–Trinajstić information content (AvgIpc) is 3.43. The first-order valence-electron chi connectivity index (χ1n) is 20.2. The van der Waals surface area contributed by atoms with Gasteiger partial charge in [0, 0.05) is 36.1 Å². The number of alkyl halides is 2. The number of hydrogen-bond acceptors (Lipinski definition) is 6. The van der Waals surface area contributed by atoms with Crippen LogP contribution in [0.25, 0.3) is 0 Å². The molecule has 49 heavy (non-hydrogen) atoms. The molecule has 282 valence electrons. The molecule has 0 aromatic heterocycles. The zero-order valence-corrected chi connectivity index (χ0v) is 33.7. The molecular weight excluding hydrogens is 734 g/mol. The monoisotopic (exact) mass is 802 g/mol. The second-order valence-corrected chi connectivity index (χ2v) is 18.4. The molecule has 0 N–H and O–H groups in total. The first-order valence-corrected chi connectivity index (χ1v) is 21.7. The summed E-state index contributed by atoms with van der Waals surface area (Å²) in [6.07, 6.45) is 17.6. The lowest BCUT2D eigenvalue weighted by atomic mass is 9.46. The van der Waals surface area contributed by atoms with Gasteiger partial charge in [-0.25, -0.2) is 4.39 Å². The zero-order valence-electron chi connectivity index (χ0n) is 31.6. The zero-order chi connectivity index (χ0) is 34.8. The molecule has 2 heterocycles. The summed E-state index contributed by atoms with van der Waals surface area (Å²) in [5.74, 6) is 3.18. The smallest absolute Gasteiger partial charge is 0.157 e. The molecule has 0 amide bonds. The number of hydrogen-bond donors (Lipinski definition) is 0. The molecule has 8 heteroatoms. The number of ether oxygens (including phenoxy) is 6. The van der Waals surface area contributed by atoms with Crippen LogP contribution in [0.2, 0.25) is 0 Å². The molecule has 0 spiro atoms. The largest absolute Gasteiger partial charge is 0.353 e. The Morgan fingerprint density at radius 3 is 2.33 bits per heavy atom. The summed E-state index contributed by atoms with van der Waals surface area (Å²) in [5, 5.41) is 0. The molecule has 6 rings (SSSR count). The predicted octanol–water partition coefficient (Wildman–Crippen LogP) is 10.3. The third-order valence-electron chi connectivity index (χ3n) is 14.3. The fourth-order valence-corrected chi connectivity index (χ4v) is 12.7. The van der Waals surface area contributed by atoms with Gasteiger partial charge in [0.2, 0.25) is 0 Å². The lowest BCUT2D eigenvalue weighted by Crippen LogP contribution is -2.57. The van der Waals surface area contributed by atoms with Crippen LogP contribution in [0.4, 0.5) is 4.39 Å². The Labute approximate surface area is 311 Å². The maximum Gasteiger partial charge on any atom is 0.157 e. The standard InChI is InChI=1S/C41H68FIO6/c1-7-44-27(2)49-39(3,4)35(42)19-14-28(26-43)32-17-18-33-31-16-15-29-24-30(47-37-12-8-10-22-45-37)25-36(48-38-13-9-11-23-46-38)41(29,6)34(31)20-21-40(32,33)5/h15,27-28,30-38H,7-14,16-26H2,1-6H3/t27?,28-,30+,31-,32+,33-,34-,35-,36-,37?,38?,40+,41-/m0/s1. The molecule has 3 saturated carbocycles. The summed E-state index contributed by atoms with van der Waals surface area (Å²) in [6, 6.07) is 0. The molecule has 0 aromatic carbocycles. The number of halogens is 2. The van der Waals surface area contributed by atoms with Gasteiger partial charge in [0.15, 0.2) is 18.9 Å². The van der Waals surface area contributed by atoms with Crippen LogP contribution in [-0.2, 0) is 28.4 Å². The Bertz CT molecular complexity index is 1090. The molecule has 6 aliphatic rings. The second kappa shape index (κ2) is 16.7. The molecule has 3 unspecified atom stereocenters. The minimum atomic E-state index is -1.02. The van der Waals surface area contributed by atoms with Crippen molar-refractivity contribution in [1.82, 2.24) is 0 Å². The average molecular weight is 803 g/mol. The van der Waals surface area contributed by atoms with E-state index < -0.39 is 18.1 Å². The highest BCUT2D eigenvalue weighted by Crippen LogP contribution is 2.68. The quantitative estimate of drug-likeness (QED) is 0.0755. The molecular formula is C41H68FIO6. The van der Waals surface area contributed by atoms with Crippen molar-refractivity contribution in [2.24, 2.45) is 40.4 Å². The van der Waals surface area contributed by atoms with Gasteiger partial charge in [-0.15, -0.1) is 0 Å². The van der Waals surface area contributed by atoms with E-state index in [0.29, 0.717) is 48.0 Å². The predicted molar refractivity (Wildman–Crippen MR) is 200 cm³/mol. The lowest BCUT2D eigenvalue weighted by molar-refractivity contribution is -0.248. The van der Waals surface area contributed by atoms with Crippen LogP contribution < -0.4 is 0 Å². The molecule has 2 aliphatic heterocycles. The van der Waals surface area contributed by atoms with Crippen LogP contribution >= 0.6 is 22.6 Å². The number of fused-ring (bicyclic) bond motifs is 5. The van der Waals surface area contributed by atoms with Gasteiger partial charge in [-0.3, -0.25) is 0 Å². The molecule has 4 aliphatic carbocycles. The van der Waals surface area contributed by atoms with Crippen molar-refractivity contribution in [3.63, 3.8) is 0 Å². The van der Waals surface area contributed by atoms with Gasteiger partial charge in [0.05, 0.1) is 17.8 Å². The number of rotatable bonds is 14. The fourth-order valence-electron chi connectivity index (χ4n) is 11.7. The summed E-state index contributed by atoms with van der Waals surface area (Å²) < 4.78 is 54.4. The molecule has 2 saturated heterocycles. The van der Waals surface area contributed by atoms with Crippen molar-refractivity contribution in [2.45, 2.75) is 181 Å². The van der Waals surface area contributed by atoms with Crippen molar-refractivity contribution in [3.05, 3.63) is 11.6 Å². The maximum absolute atomic E-state index is 15.8. The van der Waals surface area contributed by atoms with E-state index in [4.69, 9.17) is 28.4 Å². The molecule has 0 radical (unpaired) electrons. The molecule has 5 fully saturated rings. The highest BCUT2D eigenvalue weighted by molar-refractivity contribution is 14.1. The highest BCUT2D eigenvalue weighted by Gasteiger charge is 2.62. The van der Waals surface area contributed by atoms with Crippen LogP contribution in [0.1, 0.15) is 138 Å². The van der Waals surface area contributed by atoms with E-state index in [1.807, 2.05) is 27.7 Å². The van der Waals surface area contributed by atoms with Crippen molar-refractivity contribution in [1.29, 1.82) is 0 Å². The van der Waals surface area contributed by atoms with Crippen LogP contribution in [0, 0.1) is 40.4 Å². The van der Waals surface area contributed by atoms with E-state index >= 15 is 4.39 Å². The van der Waals surface area contributed by atoms with E-state index in [9.17, 15) is 0 Å². The van der Waals surface area contributed by atoms with Gasteiger partial charge in [-0.1, -0.05) is 48.1 Å². The Hall–Kier alpha value is 0.160. The van der Waals surface area contributed by atoms with Gasteiger partial charge in [-0.05, 0) is 153 Å². The number of allylic oxidation sites excluding steroid dienone is 1. The van der Waals surface area contributed by atoms with E-state index in [-0.39, 0.29) is 30.2 Å². The van der Waals surface area contributed by atoms with Crippen molar-refractivity contribution in [2.75, 3.05) is 24.2 Å². The molecule has 13 atom stereocenters. The van der Waals surface area contributed by atoms with Crippen LogP contribution in [0.5, 0.6) is 0 Å². The van der Waals surface area contributed by atoms with E-state index in [1.165, 1.54) is 44.9 Å².